The Kier molecular flexibility index (Phi) is 4.66. The molecule has 1 aromatic heterocycles. The van der Waals surface area contributed by atoms with E-state index in [9.17, 15) is 14.4 Å². The Bertz CT molecular complexity index is 847. The minimum Gasteiger partial charge on any atom is -0.334 e. The van der Waals surface area contributed by atoms with Gasteiger partial charge in [0, 0.05) is 38.6 Å². The van der Waals surface area contributed by atoms with E-state index in [0.717, 1.165) is 23.4 Å². The predicted molar refractivity (Wildman–Crippen MR) is 95.3 cm³/mol. The summed E-state index contributed by atoms with van der Waals surface area (Å²) in [4.78, 5) is 38.1. The van der Waals surface area contributed by atoms with Crippen molar-refractivity contribution in [3.8, 4) is 0 Å². The summed E-state index contributed by atoms with van der Waals surface area (Å²) in [7, 11) is 3.38. The van der Waals surface area contributed by atoms with Gasteiger partial charge in [-0.15, -0.1) is 0 Å². The van der Waals surface area contributed by atoms with Crippen LogP contribution in [0.2, 0.25) is 0 Å². The second kappa shape index (κ2) is 6.72. The first-order chi connectivity index (χ1) is 11.5. The van der Waals surface area contributed by atoms with Gasteiger partial charge in [-0.2, -0.15) is 11.8 Å². The van der Waals surface area contributed by atoms with Gasteiger partial charge in [-0.1, -0.05) is 0 Å². The van der Waals surface area contributed by atoms with Gasteiger partial charge in [0.15, 0.2) is 0 Å². The molecule has 0 radical (unpaired) electrons. The van der Waals surface area contributed by atoms with Crippen LogP contribution >= 0.6 is 11.8 Å². The summed E-state index contributed by atoms with van der Waals surface area (Å²) >= 11 is 1.80. The molecule has 0 aliphatic carbocycles. The van der Waals surface area contributed by atoms with Gasteiger partial charge in [0.2, 0.25) is 0 Å². The van der Waals surface area contributed by atoms with Crippen LogP contribution in [0.3, 0.4) is 0 Å². The lowest BCUT2D eigenvalue weighted by molar-refractivity contribution is -0.142. The first kappa shape index (κ1) is 16.6. The SMILES string of the molecule is Cn1c(=O)n(C)c2cc(NC(=O)C(=O)N3CCCSCC3)ccc21. The molecular weight excluding hydrogens is 328 g/mol. The van der Waals surface area contributed by atoms with Crippen molar-refractivity contribution in [2.24, 2.45) is 14.1 Å². The Morgan fingerprint density at radius 2 is 1.83 bits per heavy atom. The van der Waals surface area contributed by atoms with Crippen LogP contribution in [0.1, 0.15) is 6.42 Å². The number of carbonyl (C=O) groups is 2. The molecule has 0 bridgehead atoms. The summed E-state index contributed by atoms with van der Waals surface area (Å²) in [6.45, 7) is 1.22. The number of imidazole rings is 1. The Labute approximate surface area is 143 Å². The quantitative estimate of drug-likeness (QED) is 0.773. The second-order valence-corrected chi connectivity index (χ2v) is 7.04. The molecule has 1 aliphatic heterocycles. The maximum atomic E-state index is 12.3. The molecular formula is C16H20N4O3S. The van der Waals surface area contributed by atoms with Crippen LogP contribution in [0.4, 0.5) is 5.69 Å². The zero-order valence-electron chi connectivity index (χ0n) is 13.7. The van der Waals surface area contributed by atoms with E-state index in [2.05, 4.69) is 5.32 Å². The number of rotatable bonds is 1. The molecule has 128 valence electrons. The molecule has 8 heteroatoms. The average molecular weight is 348 g/mol. The van der Waals surface area contributed by atoms with Gasteiger partial charge < -0.3 is 10.2 Å². The van der Waals surface area contributed by atoms with Gasteiger partial charge in [0.1, 0.15) is 0 Å². The smallest absolute Gasteiger partial charge is 0.328 e. The van der Waals surface area contributed by atoms with Gasteiger partial charge in [-0.25, -0.2) is 4.79 Å². The summed E-state index contributed by atoms with van der Waals surface area (Å²) in [6.07, 6.45) is 0.905. The Balaban J connectivity index is 1.79. The highest BCUT2D eigenvalue weighted by Crippen LogP contribution is 2.18. The van der Waals surface area contributed by atoms with E-state index in [1.807, 2.05) is 0 Å². The lowest BCUT2D eigenvalue weighted by Crippen LogP contribution is -2.40. The maximum absolute atomic E-state index is 12.3. The van der Waals surface area contributed by atoms with Crippen LogP contribution in [0.15, 0.2) is 23.0 Å². The third-order valence-electron chi connectivity index (χ3n) is 4.23. The lowest BCUT2D eigenvalue weighted by Gasteiger charge is -2.19. The van der Waals surface area contributed by atoms with Crippen molar-refractivity contribution in [1.29, 1.82) is 0 Å². The van der Waals surface area contributed by atoms with Crippen LogP contribution in [0.5, 0.6) is 0 Å². The summed E-state index contributed by atoms with van der Waals surface area (Å²) in [5, 5.41) is 2.65. The molecule has 1 aliphatic rings. The fraction of sp³-hybridized carbons (Fsp3) is 0.438. The third kappa shape index (κ3) is 3.06. The van der Waals surface area contributed by atoms with Gasteiger partial charge in [-0.05, 0) is 30.4 Å². The van der Waals surface area contributed by atoms with Crippen LogP contribution in [-0.4, -0.2) is 50.4 Å². The minimum atomic E-state index is -0.637. The first-order valence-corrected chi connectivity index (χ1v) is 8.98. The summed E-state index contributed by atoms with van der Waals surface area (Å²) in [5.74, 6) is 0.739. The van der Waals surface area contributed by atoms with E-state index in [1.54, 1.807) is 53.5 Å². The van der Waals surface area contributed by atoms with Crippen molar-refractivity contribution in [3.05, 3.63) is 28.7 Å². The predicted octanol–water partition coefficient (Wildman–Crippen LogP) is 0.781. The zero-order valence-corrected chi connectivity index (χ0v) is 14.6. The van der Waals surface area contributed by atoms with Crippen LogP contribution in [-0.2, 0) is 23.7 Å². The number of nitrogens with zero attached hydrogens (tertiary/aromatic N) is 3. The molecule has 1 N–H and O–H groups in total. The molecule has 7 nitrogen and oxygen atoms in total. The highest BCUT2D eigenvalue weighted by molar-refractivity contribution is 7.99. The highest BCUT2D eigenvalue weighted by atomic mass is 32.2. The average Bonchev–Trinajstić information content (AvgIpc) is 2.81. The third-order valence-corrected chi connectivity index (χ3v) is 5.28. The largest absolute Gasteiger partial charge is 0.334 e. The molecule has 2 amide bonds. The molecule has 24 heavy (non-hydrogen) atoms. The molecule has 0 spiro atoms. The van der Waals surface area contributed by atoms with Crippen molar-refractivity contribution in [1.82, 2.24) is 14.0 Å². The number of benzene rings is 1. The molecule has 0 unspecified atom stereocenters. The molecule has 1 fully saturated rings. The number of aromatic nitrogens is 2. The Morgan fingerprint density at radius 3 is 2.62 bits per heavy atom. The summed E-state index contributed by atoms with van der Waals surface area (Å²) < 4.78 is 3.06. The van der Waals surface area contributed by atoms with E-state index in [0.29, 0.717) is 24.3 Å². The minimum absolute atomic E-state index is 0.133. The molecule has 0 atom stereocenters. The monoisotopic (exact) mass is 348 g/mol. The number of anilines is 1. The fourth-order valence-electron chi connectivity index (χ4n) is 2.86. The van der Waals surface area contributed by atoms with E-state index in [-0.39, 0.29) is 5.69 Å². The topological polar surface area (TPSA) is 76.3 Å². The molecule has 2 aromatic rings. The summed E-state index contributed by atoms with van der Waals surface area (Å²) in [5.41, 5.74) is 1.85. The van der Waals surface area contributed by atoms with Gasteiger partial charge in [0.05, 0.1) is 11.0 Å². The maximum Gasteiger partial charge on any atom is 0.328 e. The molecule has 0 saturated carbocycles. The van der Waals surface area contributed by atoms with Crippen LogP contribution < -0.4 is 11.0 Å². The molecule has 1 saturated heterocycles. The normalized spacial score (nSPS) is 15.3. The van der Waals surface area contributed by atoms with E-state index >= 15 is 0 Å². The molecule has 3 rings (SSSR count). The van der Waals surface area contributed by atoms with Crippen molar-refractivity contribution >= 4 is 40.3 Å². The van der Waals surface area contributed by atoms with E-state index < -0.39 is 11.8 Å². The van der Waals surface area contributed by atoms with Gasteiger partial charge in [-0.3, -0.25) is 18.7 Å². The van der Waals surface area contributed by atoms with Crippen LogP contribution in [0, 0.1) is 0 Å². The lowest BCUT2D eigenvalue weighted by atomic mass is 10.2. The van der Waals surface area contributed by atoms with E-state index in [4.69, 9.17) is 0 Å². The highest BCUT2D eigenvalue weighted by Gasteiger charge is 2.23. The van der Waals surface area contributed by atoms with E-state index in [1.165, 1.54) is 4.57 Å². The number of thioether (sulfide) groups is 1. The number of hydrogen-bond donors (Lipinski definition) is 1. The number of aryl methyl sites for hydroxylation is 2. The number of nitrogens with one attached hydrogen (secondary N) is 1. The first-order valence-electron chi connectivity index (χ1n) is 7.82. The van der Waals surface area contributed by atoms with Gasteiger partial charge in [0.25, 0.3) is 0 Å². The van der Waals surface area contributed by atoms with Crippen molar-refractivity contribution in [2.75, 3.05) is 29.9 Å². The summed E-state index contributed by atoms with van der Waals surface area (Å²) in [6, 6.07) is 5.17. The number of amides is 2. The van der Waals surface area contributed by atoms with Crippen LogP contribution in [0.25, 0.3) is 11.0 Å². The fourth-order valence-corrected chi connectivity index (χ4v) is 3.75. The van der Waals surface area contributed by atoms with Gasteiger partial charge >= 0.3 is 17.5 Å². The molecule has 1 aromatic carbocycles. The number of carbonyl (C=O) groups excluding carboxylic acids is 2. The van der Waals surface area contributed by atoms with Crippen molar-refractivity contribution in [3.63, 3.8) is 0 Å². The van der Waals surface area contributed by atoms with Crippen molar-refractivity contribution in [2.45, 2.75) is 6.42 Å². The standard InChI is InChI=1S/C16H20N4O3S/c1-18-12-5-4-11(10-13(12)19(2)16(18)23)17-14(21)15(22)20-6-3-8-24-9-7-20/h4-5,10H,3,6-9H2,1-2H3,(H,17,21). The molecule has 2 heterocycles. The zero-order chi connectivity index (χ0) is 17.3. The Hall–Kier alpha value is -2.22. The Morgan fingerprint density at radius 1 is 1.08 bits per heavy atom. The number of fused-ring (bicyclic) bond motifs is 1. The number of hydrogen-bond acceptors (Lipinski definition) is 4. The van der Waals surface area contributed by atoms with Crippen molar-refractivity contribution < 1.29 is 9.59 Å². The second-order valence-electron chi connectivity index (χ2n) is 5.82.